The van der Waals surface area contributed by atoms with E-state index in [0.717, 1.165) is 12.8 Å². The normalized spacial score (nSPS) is 13.4. The zero-order chi connectivity index (χ0) is 15.5. The van der Waals surface area contributed by atoms with E-state index in [-0.39, 0.29) is 6.04 Å². The van der Waals surface area contributed by atoms with Crippen molar-refractivity contribution in [3.05, 3.63) is 51.5 Å². The minimum atomic E-state index is -4.36. The minimum Gasteiger partial charge on any atom is -0.312 e. The van der Waals surface area contributed by atoms with Crippen LogP contribution in [0.3, 0.4) is 0 Å². The average molecular weight is 314 g/mol. The largest absolute Gasteiger partial charge is 0.443 e. The molecule has 2 aromatic rings. The molecule has 0 amide bonds. The maximum Gasteiger partial charge on any atom is 0.443 e. The standard InChI is InChI=1S/C15H17F3N2S/c1-10-3-5-11(6-4-10)7-8-12(19-2)13-9-20-14(21-13)15(16,17)18/h3-6,9,12,19H,7-8H2,1-2H3. The van der Waals surface area contributed by atoms with Crippen LogP contribution >= 0.6 is 11.3 Å². The van der Waals surface area contributed by atoms with Crippen LogP contribution in [0.15, 0.2) is 30.5 Å². The number of hydrogen-bond donors (Lipinski definition) is 1. The lowest BCUT2D eigenvalue weighted by molar-refractivity contribution is -0.137. The van der Waals surface area contributed by atoms with Crippen molar-refractivity contribution in [3.63, 3.8) is 0 Å². The van der Waals surface area contributed by atoms with Gasteiger partial charge in [-0.1, -0.05) is 29.8 Å². The predicted molar refractivity (Wildman–Crippen MR) is 78.4 cm³/mol. The van der Waals surface area contributed by atoms with Gasteiger partial charge in [0.1, 0.15) is 0 Å². The molecule has 2 nitrogen and oxygen atoms in total. The molecule has 0 bridgehead atoms. The molecule has 0 aliphatic carbocycles. The van der Waals surface area contributed by atoms with Crippen molar-refractivity contribution in [2.45, 2.75) is 32.0 Å². The number of halogens is 3. The number of rotatable bonds is 5. The Kier molecular flexibility index (Phi) is 5.00. The highest BCUT2D eigenvalue weighted by atomic mass is 32.1. The number of nitrogens with zero attached hydrogens (tertiary/aromatic N) is 1. The summed E-state index contributed by atoms with van der Waals surface area (Å²) in [5.41, 5.74) is 2.38. The zero-order valence-corrected chi connectivity index (χ0v) is 12.7. The van der Waals surface area contributed by atoms with Crippen LogP contribution in [0.1, 0.15) is 33.5 Å². The molecule has 114 valence electrons. The number of aromatic nitrogens is 1. The molecule has 1 aromatic heterocycles. The lowest BCUT2D eigenvalue weighted by Crippen LogP contribution is -2.16. The SMILES string of the molecule is CNC(CCc1ccc(C)cc1)c1cnc(C(F)(F)F)s1. The number of thiazole rings is 1. The van der Waals surface area contributed by atoms with Gasteiger partial charge in [-0.3, -0.25) is 0 Å². The summed E-state index contributed by atoms with van der Waals surface area (Å²) in [6.07, 6.45) is -1.49. The van der Waals surface area contributed by atoms with E-state index in [1.54, 1.807) is 7.05 Å². The monoisotopic (exact) mass is 314 g/mol. The fourth-order valence-electron chi connectivity index (χ4n) is 2.07. The second-order valence-electron chi connectivity index (χ2n) is 4.93. The molecule has 1 N–H and O–H groups in total. The van der Waals surface area contributed by atoms with Crippen LogP contribution in [0, 0.1) is 6.92 Å². The highest BCUT2D eigenvalue weighted by molar-refractivity contribution is 7.11. The summed E-state index contributed by atoms with van der Waals surface area (Å²) < 4.78 is 37.8. The van der Waals surface area contributed by atoms with Crippen LogP contribution in [0.2, 0.25) is 0 Å². The lowest BCUT2D eigenvalue weighted by atomic mass is 10.0. The molecule has 1 atom stereocenters. The average Bonchev–Trinajstić information content (AvgIpc) is 2.91. The first kappa shape index (κ1) is 16.0. The molecule has 0 aliphatic rings. The van der Waals surface area contributed by atoms with Crippen molar-refractivity contribution in [1.29, 1.82) is 0 Å². The van der Waals surface area contributed by atoms with E-state index in [0.29, 0.717) is 16.2 Å². The molecule has 0 spiro atoms. The van der Waals surface area contributed by atoms with E-state index in [1.807, 2.05) is 19.1 Å². The lowest BCUT2D eigenvalue weighted by Gasteiger charge is -2.14. The van der Waals surface area contributed by atoms with Gasteiger partial charge in [0.25, 0.3) is 0 Å². The van der Waals surface area contributed by atoms with Gasteiger partial charge in [0.15, 0.2) is 5.01 Å². The van der Waals surface area contributed by atoms with Crippen LogP contribution in [0.25, 0.3) is 0 Å². The number of alkyl halides is 3. The van der Waals surface area contributed by atoms with Crippen molar-refractivity contribution >= 4 is 11.3 Å². The quantitative estimate of drug-likeness (QED) is 0.887. The molecule has 2 rings (SSSR count). The molecule has 6 heteroatoms. The Balaban J connectivity index is 2.03. The van der Waals surface area contributed by atoms with Crippen molar-refractivity contribution in [2.24, 2.45) is 0 Å². The summed E-state index contributed by atoms with van der Waals surface area (Å²) in [7, 11) is 1.76. The fraction of sp³-hybridized carbons (Fsp3) is 0.400. The summed E-state index contributed by atoms with van der Waals surface area (Å²) in [5, 5.41) is 2.28. The first-order valence-electron chi connectivity index (χ1n) is 6.66. The summed E-state index contributed by atoms with van der Waals surface area (Å²) >= 11 is 0.711. The van der Waals surface area contributed by atoms with E-state index >= 15 is 0 Å². The van der Waals surface area contributed by atoms with Crippen LogP contribution in [-0.2, 0) is 12.6 Å². The van der Waals surface area contributed by atoms with Gasteiger partial charge in [-0.15, -0.1) is 11.3 Å². The molecular formula is C15H17F3N2S. The Morgan fingerprint density at radius 1 is 1.24 bits per heavy atom. The summed E-state index contributed by atoms with van der Waals surface area (Å²) in [6, 6.07) is 8.07. The summed E-state index contributed by atoms with van der Waals surface area (Å²) in [5.74, 6) is 0. The minimum absolute atomic E-state index is 0.111. The highest BCUT2D eigenvalue weighted by Gasteiger charge is 2.35. The molecule has 1 heterocycles. The smallest absolute Gasteiger partial charge is 0.312 e. The summed E-state index contributed by atoms with van der Waals surface area (Å²) in [6.45, 7) is 2.02. The zero-order valence-electron chi connectivity index (χ0n) is 11.9. The molecule has 0 aliphatic heterocycles. The topological polar surface area (TPSA) is 24.9 Å². The van der Waals surface area contributed by atoms with E-state index in [9.17, 15) is 13.2 Å². The summed E-state index contributed by atoms with van der Waals surface area (Å²) in [4.78, 5) is 4.10. The van der Waals surface area contributed by atoms with E-state index in [1.165, 1.54) is 17.3 Å². The van der Waals surface area contributed by atoms with Crippen LogP contribution in [0.4, 0.5) is 13.2 Å². The Labute approximate surface area is 126 Å². The first-order chi connectivity index (χ1) is 9.90. The second-order valence-corrected chi connectivity index (χ2v) is 5.99. The van der Waals surface area contributed by atoms with E-state index < -0.39 is 11.2 Å². The molecule has 0 saturated heterocycles. The van der Waals surface area contributed by atoms with E-state index in [4.69, 9.17) is 0 Å². The first-order valence-corrected chi connectivity index (χ1v) is 7.47. The Bertz CT molecular complexity index is 575. The molecule has 0 radical (unpaired) electrons. The molecular weight excluding hydrogens is 297 g/mol. The molecule has 1 aromatic carbocycles. The van der Waals surface area contributed by atoms with Gasteiger partial charge in [-0.05, 0) is 32.4 Å². The molecule has 0 fully saturated rings. The third kappa shape index (κ3) is 4.28. The van der Waals surface area contributed by atoms with Gasteiger partial charge in [-0.25, -0.2) is 4.98 Å². The second kappa shape index (κ2) is 6.58. The number of aryl methyl sites for hydroxylation is 2. The number of benzene rings is 1. The van der Waals surface area contributed by atoms with Crippen LogP contribution in [0.5, 0.6) is 0 Å². The van der Waals surface area contributed by atoms with Gasteiger partial charge >= 0.3 is 6.18 Å². The molecule has 1 unspecified atom stereocenters. The van der Waals surface area contributed by atoms with Crippen LogP contribution < -0.4 is 5.32 Å². The van der Waals surface area contributed by atoms with Gasteiger partial charge in [-0.2, -0.15) is 13.2 Å². The molecule has 21 heavy (non-hydrogen) atoms. The van der Waals surface area contributed by atoms with Crippen LogP contribution in [-0.4, -0.2) is 12.0 Å². The predicted octanol–water partition coefficient (Wildman–Crippen LogP) is 4.36. The highest BCUT2D eigenvalue weighted by Crippen LogP contribution is 2.35. The van der Waals surface area contributed by atoms with E-state index in [2.05, 4.69) is 22.4 Å². The van der Waals surface area contributed by atoms with Crippen molar-refractivity contribution in [2.75, 3.05) is 7.05 Å². The third-order valence-corrected chi connectivity index (χ3v) is 4.46. The van der Waals surface area contributed by atoms with Crippen molar-refractivity contribution in [1.82, 2.24) is 10.3 Å². The van der Waals surface area contributed by atoms with Crippen molar-refractivity contribution in [3.8, 4) is 0 Å². The number of hydrogen-bond acceptors (Lipinski definition) is 3. The Morgan fingerprint density at radius 2 is 1.90 bits per heavy atom. The van der Waals surface area contributed by atoms with Gasteiger partial charge in [0, 0.05) is 17.1 Å². The van der Waals surface area contributed by atoms with Gasteiger partial charge < -0.3 is 5.32 Å². The Hall–Kier alpha value is -1.40. The van der Waals surface area contributed by atoms with Crippen molar-refractivity contribution < 1.29 is 13.2 Å². The third-order valence-electron chi connectivity index (χ3n) is 3.30. The molecule has 0 saturated carbocycles. The van der Waals surface area contributed by atoms with Gasteiger partial charge in [0.2, 0.25) is 0 Å². The number of nitrogens with one attached hydrogen (secondary N) is 1. The maximum atomic E-state index is 12.6. The van der Waals surface area contributed by atoms with Gasteiger partial charge in [0.05, 0.1) is 0 Å². The Morgan fingerprint density at radius 3 is 2.43 bits per heavy atom. The fourth-order valence-corrected chi connectivity index (χ4v) is 3.00. The maximum absolute atomic E-state index is 12.6.